The van der Waals surface area contributed by atoms with Crippen LogP contribution in [0.5, 0.6) is 0 Å². The Morgan fingerprint density at radius 1 is 0.647 bits per heavy atom. The molecular formula is C28H31NO3S2. The van der Waals surface area contributed by atoms with Gasteiger partial charge in [-0.2, -0.15) is 0 Å². The third kappa shape index (κ3) is 4.48. The van der Waals surface area contributed by atoms with Gasteiger partial charge in [0.2, 0.25) is 0 Å². The lowest BCUT2D eigenvalue weighted by atomic mass is 9.83. The molecule has 2 unspecified atom stereocenters. The lowest BCUT2D eigenvalue weighted by Crippen LogP contribution is -2.11. The summed E-state index contributed by atoms with van der Waals surface area (Å²) in [6.45, 7) is 12.9. The highest BCUT2D eigenvalue weighted by molar-refractivity contribution is 7.83. The summed E-state index contributed by atoms with van der Waals surface area (Å²) in [6.07, 6.45) is 0. The van der Waals surface area contributed by atoms with E-state index >= 15 is 0 Å². The summed E-state index contributed by atoms with van der Waals surface area (Å²) in [5.41, 5.74) is 3.50. The van der Waals surface area contributed by atoms with Gasteiger partial charge in [0.05, 0.1) is 9.79 Å². The van der Waals surface area contributed by atoms with E-state index in [1.165, 1.54) is 11.1 Å². The SMILES string of the molecule is CC(C)(C)c1ccc2c(-c3c(S(=O)O)ccc4cc(C(C)(C)C)ccc34)c(S(N)=O)ccc2c1. The van der Waals surface area contributed by atoms with Crippen LogP contribution in [0.15, 0.2) is 70.5 Å². The van der Waals surface area contributed by atoms with E-state index in [0.29, 0.717) is 16.0 Å². The average Bonchev–Trinajstić information content (AvgIpc) is 2.75. The van der Waals surface area contributed by atoms with Crippen molar-refractivity contribution < 1.29 is 13.0 Å². The van der Waals surface area contributed by atoms with Gasteiger partial charge in [-0.3, -0.25) is 0 Å². The fourth-order valence-electron chi connectivity index (χ4n) is 4.38. The Bertz CT molecular complexity index is 1360. The van der Waals surface area contributed by atoms with Crippen LogP contribution in [0.2, 0.25) is 0 Å². The van der Waals surface area contributed by atoms with Gasteiger partial charge in [0.1, 0.15) is 11.0 Å². The average molecular weight is 494 g/mol. The zero-order valence-corrected chi connectivity index (χ0v) is 22.1. The second-order valence-corrected chi connectivity index (χ2v) is 12.8. The molecule has 0 aliphatic carbocycles. The molecule has 0 bridgehead atoms. The highest BCUT2D eigenvalue weighted by Gasteiger charge is 2.23. The first-order chi connectivity index (χ1) is 15.8. The maximum absolute atomic E-state index is 12.7. The van der Waals surface area contributed by atoms with Gasteiger partial charge >= 0.3 is 0 Å². The van der Waals surface area contributed by atoms with E-state index in [2.05, 4.69) is 65.8 Å². The number of nitrogens with two attached hydrogens (primary N) is 1. The van der Waals surface area contributed by atoms with Crippen LogP contribution in [-0.2, 0) is 32.9 Å². The van der Waals surface area contributed by atoms with E-state index in [-0.39, 0.29) is 15.7 Å². The van der Waals surface area contributed by atoms with Crippen molar-refractivity contribution in [3.05, 3.63) is 71.8 Å². The molecule has 6 heteroatoms. The zero-order valence-electron chi connectivity index (χ0n) is 20.4. The number of hydrogen-bond acceptors (Lipinski definition) is 2. The molecule has 3 N–H and O–H groups in total. The quantitative estimate of drug-likeness (QED) is 0.307. The van der Waals surface area contributed by atoms with Crippen molar-refractivity contribution in [3.8, 4) is 11.1 Å². The molecular weight excluding hydrogens is 462 g/mol. The first-order valence-corrected chi connectivity index (χ1v) is 13.5. The van der Waals surface area contributed by atoms with Crippen LogP contribution in [0, 0.1) is 0 Å². The molecule has 4 nitrogen and oxygen atoms in total. The highest BCUT2D eigenvalue weighted by Crippen LogP contribution is 2.42. The number of fused-ring (bicyclic) bond motifs is 2. The monoisotopic (exact) mass is 493 g/mol. The Labute approximate surface area is 206 Å². The molecule has 4 aromatic rings. The van der Waals surface area contributed by atoms with Crippen LogP contribution < -0.4 is 5.14 Å². The molecule has 0 fully saturated rings. The predicted molar refractivity (Wildman–Crippen MR) is 144 cm³/mol. The Kier molecular flexibility index (Phi) is 6.32. The first-order valence-electron chi connectivity index (χ1n) is 11.2. The number of benzene rings is 4. The molecule has 0 spiro atoms. The summed E-state index contributed by atoms with van der Waals surface area (Å²) >= 11 is -2.24. The lowest BCUT2D eigenvalue weighted by molar-refractivity contribution is 0.564. The molecule has 0 heterocycles. The minimum atomic E-state index is -2.24. The third-order valence-corrected chi connectivity index (χ3v) is 7.84. The minimum Gasteiger partial charge on any atom is -0.302 e. The van der Waals surface area contributed by atoms with Crippen LogP contribution in [0.25, 0.3) is 32.7 Å². The van der Waals surface area contributed by atoms with Gasteiger partial charge in [-0.05, 0) is 55.6 Å². The fourth-order valence-corrected chi connectivity index (χ4v) is 5.57. The fraction of sp³-hybridized carbons (Fsp3) is 0.286. The van der Waals surface area contributed by atoms with Gasteiger partial charge in [-0.15, -0.1) is 0 Å². The molecule has 0 saturated carbocycles. The van der Waals surface area contributed by atoms with Crippen molar-refractivity contribution in [3.63, 3.8) is 0 Å². The van der Waals surface area contributed by atoms with Gasteiger partial charge in [0.15, 0.2) is 11.1 Å². The molecule has 0 amide bonds. The summed E-state index contributed by atoms with van der Waals surface area (Å²) < 4.78 is 35.4. The molecule has 0 saturated heterocycles. The maximum Gasteiger partial charge on any atom is 0.187 e. The molecule has 2 atom stereocenters. The zero-order chi connectivity index (χ0) is 25.0. The van der Waals surface area contributed by atoms with E-state index in [0.717, 1.165) is 21.5 Å². The van der Waals surface area contributed by atoms with E-state index in [4.69, 9.17) is 5.14 Å². The molecule has 0 aromatic heterocycles. The second-order valence-electron chi connectivity index (χ2n) is 10.8. The van der Waals surface area contributed by atoms with Crippen LogP contribution in [0.4, 0.5) is 0 Å². The third-order valence-electron chi connectivity index (χ3n) is 6.35. The van der Waals surface area contributed by atoms with Crippen LogP contribution >= 0.6 is 0 Å². The smallest absolute Gasteiger partial charge is 0.187 e. The summed E-state index contributed by atoms with van der Waals surface area (Å²) in [7, 11) is -1.78. The maximum atomic E-state index is 12.7. The van der Waals surface area contributed by atoms with Crippen molar-refractivity contribution in [2.24, 2.45) is 5.14 Å². The van der Waals surface area contributed by atoms with E-state index < -0.39 is 22.1 Å². The lowest BCUT2D eigenvalue weighted by Gasteiger charge is -2.22. The molecule has 4 aromatic carbocycles. The molecule has 0 aliphatic rings. The van der Waals surface area contributed by atoms with Gasteiger partial charge in [-0.1, -0.05) is 90.1 Å². The van der Waals surface area contributed by atoms with Crippen molar-refractivity contribution in [2.75, 3.05) is 0 Å². The Morgan fingerprint density at radius 3 is 1.44 bits per heavy atom. The Balaban J connectivity index is 2.17. The van der Waals surface area contributed by atoms with Crippen molar-refractivity contribution in [2.45, 2.75) is 62.2 Å². The molecule has 4 rings (SSSR count). The Morgan fingerprint density at radius 2 is 1.06 bits per heavy atom. The summed E-state index contributed by atoms with van der Waals surface area (Å²) in [5, 5.41) is 9.52. The normalized spacial score (nSPS) is 14.5. The molecule has 178 valence electrons. The van der Waals surface area contributed by atoms with Crippen molar-refractivity contribution >= 4 is 43.6 Å². The number of rotatable bonds is 3. The molecule has 0 aliphatic heterocycles. The van der Waals surface area contributed by atoms with Crippen LogP contribution in [-0.4, -0.2) is 13.0 Å². The van der Waals surface area contributed by atoms with Gasteiger partial charge in [0, 0.05) is 11.1 Å². The van der Waals surface area contributed by atoms with Crippen LogP contribution in [0.1, 0.15) is 52.7 Å². The number of hydrogen-bond donors (Lipinski definition) is 2. The van der Waals surface area contributed by atoms with Gasteiger partial charge < -0.3 is 4.55 Å². The van der Waals surface area contributed by atoms with E-state index in [9.17, 15) is 13.0 Å². The van der Waals surface area contributed by atoms with Gasteiger partial charge in [0.25, 0.3) is 0 Å². The van der Waals surface area contributed by atoms with E-state index in [1.807, 2.05) is 24.3 Å². The van der Waals surface area contributed by atoms with Gasteiger partial charge in [-0.25, -0.2) is 13.6 Å². The second kappa shape index (κ2) is 8.68. The summed E-state index contributed by atoms with van der Waals surface area (Å²) in [4.78, 5) is 0.713. The standard InChI is InChI=1S/C28H31NO3S2/c1-27(2,3)19-9-11-21-17(15-19)7-13-23(33(29)30)25(21)26-22-12-10-20(28(4,5)6)16-18(22)8-14-24(26)34(31)32/h7-16H,29H2,1-6H3,(H,31,32). The Hall–Kier alpha value is -2.38. The van der Waals surface area contributed by atoms with Crippen molar-refractivity contribution in [1.82, 2.24) is 0 Å². The molecule has 34 heavy (non-hydrogen) atoms. The first kappa shape index (κ1) is 24.7. The van der Waals surface area contributed by atoms with E-state index in [1.54, 1.807) is 12.1 Å². The topological polar surface area (TPSA) is 80.4 Å². The molecule has 0 radical (unpaired) electrons. The van der Waals surface area contributed by atoms with Crippen LogP contribution in [0.3, 0.4) is 0 Å². The largest absolute Gasteiger partial charge is 0.302 e. The minimum absolute atomic E-state index is 0.0374. The van der Waals surface area contributed by atoms with Crippen molar-refractivity contribution in [1.29, 1.82) is 0 Å². The summed E-state index contributed by atoms with van der Waals surface area (Å²) in [5.74, 6) is 0. The summed E-state index contributed by atoms with van der Waals surface area (Å²) in [6, 6.07) is 19.6. The highest BCUT2D eigenvalue weighted by atomic mass is 32.2. The predicted octanol–water partition coefficient (Wildman–Crippen LogP) is 6.82.